The fraction of sp³-hybridized carbons (Fsp3) is 0.0714. The van der Waals surface area contributed by atoms with Gasteiger partial charge in [-0.1, -0.05) is 6.07 Å². The Hall–Kier alpha value is -2.70. The van der Waals surface area contributed by atoms with Crippen LogP contribution >= 0.6 is 0 Å². The average Bonchev–Trinajstić information content (AvgIpc) is 2.40. The van der Waals surface area contributed by atoms with Gasteiger partial charge < -0.3 is 16.2 Å². The second-order valence-corrected chi connectivity index (χ2v) is 4.31. The minimum atomic E-state index is -4.43. The van der Waals surface area contributed by atoms with E-state index < -0.39 is 17.7 Å². The van der Waals surface area contributed by atoms with Gasteiger partial charge in [-0.2, -0.15) is 13.2 Å². The van der Waals surface area contributed by atoms with Crippen LogP contribution < -0.4 is 11.1 Å². The van der Waals surface area contributed by atoms with E-state index in [1.807, 2.05) is 0 Å². The summed E-state index contributed by atoms with van der Waals surface area (Å²) >= 11 is 0. The molecule has 2 aromatic rings. The third kappa shape index (κ3) is 3.44. The molecular weight excluding hydrogens is 285 g/mol. The van der Waals surface area contributed by atoms with Gasteiger partial charge in [0.05, 0.1) is 22.5 Å². The zero-order chi connectivity index (χ0) is 15.6. The minimum Gasteiger partial charge on any atom is -0.478 e. The van der Waals surface area contributed by atoms with E-state index in [2.05, 4.69) is 5.32 Å². The molecule has 0 aliphatic carbocycles. The highest BCUT2D eigenvalue weighted by atomic mass is 19.4. The van der Waals surface area contributed by atoms with E-state index in [-0.39, 0.29) is 16.9 Å². The number of benzene rings is 2. The van der Waals surface area contributed by atoms with Gasteiger partial charge in [0.2, 0.25) is 0 Å². The summed E-state index contributed by atoms with van der Waals surface area (Å²) in [5.74, 6) is -1.13. The number of carboxylic acid groups (broad SMARTS) is 1. The van der Waals surface area contributed by atoms with Crippen LogP contribution in [0.3, 0.4) is 0 Å². The lowest BCUT2D eigenvalue weighted by molar-refractivity contribution is -0.137. The molecular formula is C14H11F3N2O2. The van der Waals surface area contributed by atoms with Crippen molar-refractivity contribution in [3.05, 3.63) is 53.6 Å². The first-order valence-corrected chi connectivity index (χ1v) is 5.84. The van der Waals surface area contributed by atoms with Gasteiger partial charge >= 0.3 is 12.1 Å². The summed E-state index contributed by atoms with van der Waals surface area (Å²) in [4.78, 5) is 10.8. The quantitative estimate of drug-likeness (QED) is 0.754. The van der Waals surface area contributed by atoms with Gasteiger partial charge in [0.1, 0.15) is 0 Å². The number of nitrogen functional groups attached to an aromatic ring is 1. The number of carbonyl (C=O) groups is 1. The lowest BCUT2D eigenvalue weighted by atomic mass is 10.1. The summed E-state index contributed by atoms with van der Waals surface area (Å²) in [6.07, 6.45) is -4.43. The van der Waals surface area contributed by atoms with E-state index in [9.17, 15) is 18.0 Å². The fourth-order valence-electron chi connectivity index (χ4n) is 1.74. The monoisotopic (exact) mass is 296 g/mol. The molecule has 2 rings (SSSR count). The van der Waals surface area contributed by atoms with Gasteiger partial charge in [-0.25, -0.2) is 4.79 Å². The van der Waals surface area contributed by atoms with E-state index in [1.54, 1.807) is 0 Å². The van der Waals surface area contributed by atoms with Crippen LogP contribution in [-0.4, -0.2) is 11.1 Å². The fourth-order valence-corrected chi connectivity index (χ4v) is 1.74. The van der Waals surface area contributed by atoms with Crippen molar-refractivity contribution in [3.63, 3.8) is 0 Å². The zero-order valence-corrected chi connectivity index (χ0v) is 10.6. The Morgan fingerprint density at radius 1 is 1.14 bits per heavy atom. The minimum absolute atomic E-state index is 0.00194. The molecule has 0 aromatic heterocycles. The summed E-state index contributed by atoms with van der Waals surface area (Å²) in [5, 5.41) is 11.5. The number of carboxylic acids is 1. The number of hydrogen-bond donors (Lipinski definition) is 3. The number of alkyl halides is 3. The van der Waals surface area contributed by atoms with Gasteiger partial charge in [0.15, 0.2) is 0 Å². The van der Waals surface area contributed by atoms with Crippen molar-refractivity contribution in [2.75, 3.05) is 11.1 Å². The molecule has 7 heteroatoms. The molecule has 0 spiro atoms. The van der Waals surface area contributed by atoms with Crippen molar-refractivity contribution in [3.8, 4) is 0 Å². The van der Waals surface area contributed by atoms with E-state index in [0.717, 1.165) is 12.1 Å². The van der Waals surface area contributed by atoms with Crippen LogP contribution in [0.15, 0.2) is 42.5 Å². The van der Waals surface area contributed by atoms with Crippen molar-refractivity contribution >= 4 is 23.0 Å². The number of nitrogens with one attached hydrogen (secondary N) is 1. The van der Waals surface area contributed by atoms with Crippen LogP contribution in [0, 0.1) is 0 Å². The van der Waals surface area contributed by atoms with Crippen LogP contribution in [0.25, 0.3) is 0 Å². The van der Waals surface area contributed by atoms with Gasteiger partial charge in [0, 0.05) is 5.69 Å². The van der Waals surface area contributed by atoms with Crippen LogP contribution in [0.1, 0.15) is 15.9 Å². The highest BCUT2D eigenvalue weighted by Gasteiger charge is 2.30. The molecule has 21 heavy (non-hydrogen) atoms. The van der Waals surface area contributed by atoms with Crippen LogP contribution in [0.2, 0.25) is 0 Å². The molecule has 0 atom stereocenters. The third-order valence-corrected chi connectivity index (χ3v) is 2.77. The lowest BCUT2D eigenvalue weighted by Crippen LogP contribution is -2.06. The van der Waals surface area contributed by atoms with E-state index in [4.69, 9.17) is 10.8 Å². The largest absolute Gasteiger partial charge is 0.478 e. The molecule has 0 aliphatic heterocycles. The third-order valence-electron chi connectivity index (χ3n) is 2.77. The molecule has 0 amide bonds. The van der Waals surface area contributed by atoms with Gasteiger partial charge in [0.25, 0.3) is 0 Å². The number of rotatable bonds is 3. The normalized spacial score (nSPS) is 11.2. The smallest absolute Gasteiger partial charge is 0.416 e. The Morgan fingerprint density at radius 3 is 2.43 bits per heavy atom. The van der Waals surface area contributed by atoms with Crippen molar-refractivity contribution in [2.24, 2.45) is 0 Å². The van der Waals surface area contributed by atoms with Gasteiger partial charge in [-0.15, -0.1) is 0 Å². The molecule has 0 heterocycles. The van der Waals surface area contributed by atoms with Crippen molar-refractivity contribution < 1.29 is 23.1 Å². The van der Waals surface area contributed by atoms with Crippen molar-refractivity contribution in [1.82, 2.24) is 0 Å². The summed E-state index contributed by atoms with van der Waals surface area (Å²) in [7, 11) is 0. The second kappa shape index (κ2) is 5.35. The first-order chi connectivity index (χ1) is 9.77. The summed E-state index contributed by atoms with van der Waals surface area (Å²) in [5.41, 5.74) is 5.57. The Labute approximate surface area is 118 Å². The Balaban J connectivity index is 2.28. The maximum atomic E-state index is 12.6. The number of anilines is 3. The SMILES string of the molecule is Nc1cc(C(=O)O)ccc1Nc1cccc(C(F)(F)F)c1. The zero-order valence-electron chi connectivity index (χ0n) is 10.6. The maximum absolute atomic E-state index is 12.6. The van der Waals surface area contributed by atoms with Gasteiger partial charge in [-0.3, -0.25) is 0 Å². The molecule has 0 saturated carbocycles. The lowest BCUT2D eigenvalue weighted by Gasteiger charge is -2.12. The second-order valence-electron chi connectivity index (χ2n) is 4.31. The van der Waals surface area contributed by atoms with Crippen LogP contribution in [0.4, 0.5) is 30.2 Å². The van der Waals surface area contributed by atoms with Crippen molar-refractivity contribution in [2.45, 2.75) is 6.18 Å². The highest BCUT2D eigenvalue weighted by Crippen LogP contribution is 2.32. The Kier molecular flexibility index (Phi) is 3.75. The molecule has 4 nitrogen and oxygen atoms in total. The topological polar surface area (TPSA) is 75.4 Å². The predicted octanol–water partition coefficient (Wildman–Crippen LogP) is 3.73. The number of nitrogens with two attached hydrogens (primary N) is 1. The average molecular weight is 296 g/mol. The van der Waals surface area contributed by atoms with Crippen molar-refractivity contribution in [1.29, 1.82) is 0 Å². The number of hydrogen-bond acceptors (Lipinski definition) is 3. The molecule has 2 aromatic carbocycles. The van der Waals surface area contributed by atoms with E-state index in [0.29, 0.717) is 5.69 Å². The summed E-state index contributed by atoms with van der Waals surface area (Å²) in [6, 6.07) is 8.59. The molecule has 0 fully saturated rings. The van der Waals surface area contributed by atoms with Crippen LogP contribution in [0.5, 0.6) is 0 Å². The number of aromatic carboxylic acids is 1. The highest BCUT2D eigenvalue weighted by molar-refractivity contribution is 5.90. The maximum Gasteiger partial charge on any atom is 0.416 e. The van der Waals surface area contributed by atoms with E-state index >= 15 is 0 Å². The standard InChI is InChI=1S/C14H11F3N2O2/c15-14(16,17)9-2-1-3-10(7-9)19-12-5-4-8(13(20)21)6-11(12)18/h1-7,19H,18H2,(H,20,21). The first kappa shape index (κ1) is 14.7. The summed E-state index contributed by atoms with van der Waals surface area (Å²) < 4.78 is 37.8. The molecule has 4 N–H and O–H groups in total. The molecule has 0 unspecified atom stereocenters. The molecule has 0 bridgehead atoms. The Morgan fingerprint density at radius 2 is 1.86 bits per heavy atom. The van der Waals surface area contributed by atoms with Crippen LogP contribution in [-0.2, 0) is 6.18 Å². The van der Waals surface area contributed by atoms with E-state index in [1.165, 1.54) is 30.3 Å². The van der Waals surface area contributed by atoms with Gasteiger partial charge in [-0.05, 0) is 36.4 Å². The molecule has 110 valence electrons. The predicted molar refractivity (Wildman–Crippen MR) is 72.5 cm³/mol. The first-order valence-electron chi connectivity index (χ1n) is 5.84. The summed E-state index contributed by atoms with van der Waals surface area (Å²) in [6.45, 7) is 0. The molecule has 0 radical (unpaired) electrons. The number of halogens is 3. The molecule has 0 aliphatic rings. The Bertz CT molecular complexity index is 684. The molecule has 0 saturated heterocycles.